The van der Waals surface area contributed by atoms with Crippen molar-refractivity contribution in [2.45, 2.75) is 4.90 Å². The molecule has 0 spiro atoms. The molecule has 0 atom stereocenters. The SMILES string of the molecule is COc1ccc(S(=O)(=O)Nc2ccccc2C(=O)OCC(=O)c2ccccc2)cc1. The molecule has 0 bridgehead atoms. The summed E-state index contributed by atoms with van der Waals surface area (Å²) in [5.74, 6) is -0.659. The Kier molecular flexibility index (Phi) is 6.48. The molecule has 0 amide bonds. The molecule has 0 aliphatic rings. The quantitative estimate of drug-likeness (QED) is 0.438. The van der Waals surface area contributed by atoms with Crippen LogP contribution in [0.2, 0.25) is 0 Å². The maximum absolute atomic E-state index is 12.7. The van der Waals surface area contributed by atoms with Gasteiger partial charge >= 0.3 is 5.97 Å². The van der Waals surface area contributed by atoms with Gasteiger partial charge in [-0.2, -0.15) is 0 Å². The number of ether oxygens (including phenoxy) is 2. The molecular weight excluding hydrogens is 406 g/mol. The molecule has 0 saturated heterocycles. The highest BCUT2D eigenvalue weighted by atomic mass is 32.2. The van der Waals surface area contributed by atoms with Crippen LogP contribution < -0.4 is 9.46 Å². The third-order valence-corrected chi connectivity index (χ3v) is 5.57. The van der Waals surface area contributed by atoms with E-state index in [-0.39, 0.29) is 21.9 Å². The van der Waals surface area contributed by atoms with Crippen LogP contribution in [0.3, 0.4) is 0 Å². The zero-order valence-corrected chi connectivity index (χ0v) is 16.9. The van der Waals surface area contributed by atoms with Crippen LogP contribution in [-0.4, -0.2) is 33.9 Å². The number of rotatable bonds is 8. The van der Waals surface area contributed by atoms with Crippen molar-refractivity contribution in [3.63, 3.8) is 0 Å². The Hall–Kier alpha value is -3.65. The number of nitrogens with one attached hydrogen (secondary N) is 1. The third kappa shape index (κ3) is 5.03. The number of hydrogen-bond acceptors (Lipinski definition) is 6. The Morgan fingerprint density at radius 2 is 1.50 bits per heavy atom. The van der Waals surface area contributed by atoms with Crippen LogP contribution >= 0.6 is 0 Å². The van der Waals surface area contributed by atoms with E-state index in [4.69, 9.17) is 9.47 Å². The average Bonchev–Trinajstić information content (AvgIpc) is 2.78. The minimum absolute atomic E-state index is 0.00421. The van der Waals surface area contributed by atoms with E-state index in [1.165, 1.54) is 43.5 Å². The van der Waals surface area contributed by atoms with Gasteiger partial charge in [0, 0.05) is 5.56 Å². The lowest BCUT2D eigenvalue weighted by molar-refractivity contribution is 0.0476. The summed E-state index contributed by atoms with van der Waals surface area (Å²) in [7, 11) is -2.47. The monoisotopic (exact) mass is 425 g/mol. The summed E-state index contributed by atoms with van der Waals surface area (Å²) < 4.78 is 37.8. The summed E-state index contributed by atoms with van der Waals surface area (Å²) in [6.45, 7) is -0.456. The van der Waals surface area contributed by atoms with Gasteiger partial charge in [-0.1, -0.05) is 42.5 Å². The molecule has 0 aliphatic carbocycles. The number of carbonyl (C=O) groups excluding carboxylic acids is 2. The van der Waals surface area contributed by atoms with Crippen molar-refractivity contribution in [1.82, 2.24) is 0 Å². The first kappa shape index (κ1) is 21.1. The predicted molar refractivity (Wildman–Crippen MR) is 111 cm³/mol. The number of hydrogen-bond donors (Lipinski definition) is 1. The fraction of sp³-hybridized carbons (Fsp3) is 0.0909. The van der Waals surface area contributed by atoms with Crippen molar-refractivity contribution in [1.29, 1.82) is 0 Å². The first-order valence-corrected chi connectivity index (χ1v) is 10.4. The molecule has 0 radical (unpaired) electrons. The standard InChI is InChI=1S/C22H19NO6S/c1-28-17-11-13-18(14-12-17)30(26,27)23-20-10-6-5-9-19(20)22(25)29-15-21(24)16-7-3-2-4-8-16/h2-14,23H,15H2,1H3. The van der Waals surface area contributed by atoms with E-state index in [0.29, 0.717) is 11.3 Å². The highest BCUT2D eigenvalue weighted by Gasteiger charge is 2.20. The molecule has 0 heterocycles. The van der Waals surface area contributed by atoms with E-state index in [1.807, 2.05) is 0 Å². The van der Waals surface area contributed by atoms with Gasteiger partial charge in [0.05, 0.1) is 23.3 Å². The second-order valence-electron chi connectivity index (χ2n) is 6.19. The molecule has 3 aromatic rings. The molecule has 7 nitrogen and oxygen atoms in total. The first-order valence-electron chi connectivity index (χ1n) is 8.92. The molecule has 0 aromatic heterocycles. The molecule has 154 valence electrons. The number of ketones is 1. The zero-order chi connectivity index (χ0) is 21.6. The molecule has 30 heavy (non-hydrogen) atoms. The lowest BCUT2D eigenvalue weighted by atomic mass is 10.1. The van der Waals surface area contributed by atoms with Crippen LogP contribution in [0.5, 0.6) is 5.75 Å². The Morgan fingerprint density at radius 3 is 2.17 bits per heavy atom. The largest absolute Gasteiger partial charge is 0.497 e. The van der Waals surface area contributed by atoms with Crippen molar-refractivity contribution >= 4 is 27.5 Å². The van der Waals surface area contributed by atoms with E-state index in [9.17, 15) is 18.0 Å². The van der Waals surface area contributed by atoms with Gasteiger partial charge in [-0.3, -0.25) is 9.52 Å². The molecule has 0 unspecified atom stereocenters. The molecular formula is C22H19NO6S. The Labute approximate surface area is 174 Å². The van der Waals surface area contributed by atoms with Gasteiger partial charge in [-0.05, 0) is 36.4 Å². The number of Topliss-reactive ketones (excluding diaryl/α,β-unsaturated/α-hetero) is 1. The van der Waals surface area contributed by atoms with E-state index < -0.39 is 22.6 Å². The molecule has 0 saturated carbocycles. The zero-order valence-electron chi connectivity index (χ0n) is 16.1. The maximum Gasteiger partial charge on any atom is 0.340 e. The summed E-state index contributed by atoms with van der Waals surface area (Å²) in [6.07, 6.45) is 0. The summed E-state index contributed by atoms with van der Waals surface area (Å²) in [5.41, 5.74) is 0.458. The van der Waals surface area contributed by atoms with Gasteiger partial charge in [0.2, 0.25) is 0 Å². The molecule has 0 fully saturated rings. The van der Waals surface area contributed by atoms with E-state index in [0.717, 1.165) is 0 Å². The predicted octanol–water partition coefficient (Wildman–Crippen LogP) is 3.54. The van der Waals surface area contributed by atoms with Gasteiger partial charge in [-0.15, -0.1) is 0 Å². The van der Waals surface area contributed by atoms with Crippen molar-refractivity contribution in [2.75, 3.05) is 18.4 Å². The fourth-order valence-electron chi connectivity index (χ4n) is 2.62. The number of esters is 1. The van der Waals surface area contributed by atoms with Crippen LogP contribution in [-0.2, 0) is 14.8 Å². The summed E-state index contributed by atoms with van der Waals surface area (Å²) in [4.78, 5) is 24.6. The van der Waals surface area contributed by atoms with Crippen LogP contribution in [0.15, 0.2) is 83.8 Å². The molecule has 3 rings (SSSR count). The number of sulfonamides is 1. The van der Waals surface area contributed by atoms with Crippen LogP contribution in [0, 0.1) is 0 Å². The summed E-state index contributed by atoms with van der Waals surface area (Å²) in [6, 6.07) is 20.2. The Morgan fingerprint density at radius 1 is 0.867 bits per heavy atom. The molecule has 0 aliphatic heterocycles. The van der Waals surface area contributed by atoms with E-state index in [1.54, 1.807) is 42.5 Å². The number of benzene rings is 3. The van der Waals surface area contributed by atoms with Crippen LogP contribution in [0.25, 0.3) is 0 Å². The third-order valence-electron chi connectivity index (χ3n) is 4.19. The Bertz CT molecular complexity index is 1140. The van der Waals surface area contributed by atoms with Gasteiger partial charge in [-0.25, -0.2) is 13.2 Å². The summed E-state index contributed by atoms with van der Waals surface area (Å²) >= 11 is 0. The van der Waals surface area contributed by atoms with Gasteiger partial charge in [0.15, 0.2) is 12.4 Å². The number of para-hydroxylation sites is 1. The number of carbonyl (C=O) groups is 2. The lowest BCUT2D eigenvalue weighted by Crippen LogP contribution is -2.18. The highest BCUT2D eigenvalue weighted by Crippen LogP contribution is 2.22. The molecule has 8 heteroatoms. The number of anilines is 1. The minimum atomic E-state index is -3.95. The van der Waals surface area contributed by atoms with Gasteiger partial charge in [0.1, 0.15) is 5.75 Å². The second-order valence-corrected chi connectivity index (χ2v) is 7.87. The maximum atomic E-state index is 12.7. The van der Waals surface area contributed by atoms with Crippen molar-refractivity contribution in [3.8, 4) is 5.75 Å². The highest BCUT2D eigenvalue weighted by molar-refractivity contribution is 7.92. The van der Waals surface area contributed by atoms with Crippen LogP contribution in [0.4, 0.5) is 5.69 Å². The van der Waals surface area contributed by atoms with Crippen molar-refractivity contribution < 1.29 is 27.5 Å². The Balaban J connectivity index is 1.74. The average molecular weight is 425 g/mol. The summed E-state index contributed by atoms with van der Waals surface area (Å²) in [5, 5.41) is 0. The van der Waals surface area contributed by atoms with E-state index >= 15 is 0 Å². The van der Waals surface area contributed by atoms with Gasteiger partial charge < -0.3 is 9.47 Å². The molecule has 3 aromatic carbocycles. The fourth-order valence-corrected chi connectivity index (χ4v) is 3.70. The van der Waals surface area contributed by atoms with Crippen LogP contribution in [0.1, 0.15) is 20.7 Å². The van der Waals surface area contributed by atoms with Crippen molar-refractivity contribution in [2.24, 2.45) is 0 Å². The number of methoxy groups -OCH3 is 1. The molecule has 1 N–H and O–H groups in total. The topological polar surface area (TPSA) is 98.8 Å². The lowest BCUT2D eigenvalue weighted by Gasteiger charge is -2.12. The second kappa shape index (κ2) is 9.23. The smallest absolute Gasteiger partial charge is 0.340 e. The van der Waals surface area contributed by atoms with E-state index in [2.05, 4.69) is 4.72 Å². The van der Waals surface area contributed by atoms with Crippen molar-refractivity contribution in [3.05, 3.63) is 90.0 Å². The first-order chi connectivity index (χ1) is 14.4. The normalized spacial score (nSPS) is 10.8. The minimum Gasteiger partial charge on any atom is -0.497 e. The van der Waals surface area contributed by atoms with Gasteiger partial charge in [0.25, 0.3) is 10.0 Å².